The van der Waals surface area contributed by atoms with E-state index in [1.807, 2.05) is 0 Å². The lowest BCUT2D eigenvalue weighted by Crippen LogP contribution is -2.53. The van der Waals surface area contributed by atoms with Gasteiger partial charge in [0.1, 0.15) is 0 Å². The molecule has 0 aliphatic heterocycles. The summed E-state index contributed by atoms with van der Waals surface area (Å²) in [6.07, 6.45) is 11.0. The van der Waals surface area contributed by atoms with Crippen molar-refractivity contribution >= 4 is 8.32 Å². The summed E-state index contributed by atoms with van der Waals surface area (Å²) in [4.78, 5) is 0. The predicted octanol–water partition coefficient (Wildman–Crippen LogP) is 6.64. The van der Waals surface area contributed by atoms with E-state index in [2.05, 4.69) is 34.6 Å². The molecule has 2 nitrogen and oxygen atoms in total. The number of fused-ring (bicyclic) bond motifs is 5. The van der Waals surface area contributed by atoms with Crippen LogP contribution in [0.25, 0.3) is 0 Å². The van der Waals surface area contributed by atoms with Crippen LogP contribution in [0.4, 0.5) is 0 Å². The second kappa shape index (κ2) is 8.00. The zero-order valence-electron chi connectivity index (χ0n) is 19.3. The minimum atomic E-state index is -1.52. The molecule has 4 aliphatic rings. The Morgan fingerprint density at radius 2 is 1.64 bits per heavy atom. The molecule has 0 aromatic carbocycles. The Kier molecular flexibility index (Phi) is 6.11. The molecule has 0 bridgehead atoms. The van der Waals surface area contributed by atoms with Gasteiger partial charge in [-0.2, -0.15) is 0 Å². The number of hydrogen-bond donors (Lipinski definition) is 1. The first-order valence-electron chi connectivity index (χ1n) is 12.7. The zero-order chi connectivity index (χ0) is 20.1. The zero-order valence-corrected chi connectivity index (χ0v) is 20.3. The van der Waals surface area contributed by atoms with Gasteiger partial charge in [-0.25, -0.2) is 0 Å². The normalized spacial score (nSPS) is 48.6. The second-order valence-electron chi connectivity index (χ2n) is 11.4. The Morgan fingerprint density at radius 1 is 0.929 bits per heavy atom. The lowest BCUT2D eigenvalue weighted by atomic mass is 9.49. The van der Waals surface area contributed by atoms with Crippen molar-refractivity contribution in [2.24, 2.45) is 40.9 Å². The number of rotatable bonds is 5. The molecule has 162 valence electrons. The van der Waals surface area contributed by atoms with Crippen LogP contribution in [-0.2, 0) is 4.43 Å². The lowest BCUT2D eigenvalue weighted by molar-refractivity contribution is -0.105. The predicted molar refractivity (Wildman–Crippen MR) is 120 cm³/mol. The maximum absolute atomic E-state index is 10.3. The molecular weight excluding hydrogens is 360 g/mol. The van der Waals surface area contributed by atoms with Gasteiger partial charge >= 0.3 is 0 Å². The molecule has 0 heterocycles. The van der Waals surface area contributed by atoms with Gasteiger partial charge in [0.15, 0.2) is 8.32 Å². The topological polar surface area (TPSA) is 29.5 Å². The fourth-order valence-electron chi connectivity index (χ4n) is 8.80. The van der Waals surface area contributed by atoms with Gasteiger partial charge in [0, 0.05) is 0 Å². The van der Waals surface area contributed by atoms with Crippen molar-refractivity contribution < 1.29 is 9.53 Å². The standard InChI is InChI=1S/C25H46O2Si/c1-6-28(7-2,8-3)27-23-12-11-22-20-10-9-18-16-19(26)15-17(4)24(18)21(20)13-14-25(22,23)5/h17-24,26H,6-16H2,1-5H3/t17-,18?,19+,20-,21+,22+,23+,24?,25+/m1/s1. The molecule has 0 saturated heterocycles. The van der Waals surface area contributed by atoms with Gasteiger partial charge in [0.2, 0.25) is 0 Å². The molecule has 1 N–H and O–H groups in total. The molecule has 0 aromatic heterocycles. The molecular formula is C25H46O2Si. The molecule has 4 fully saturated rings. The molecule has 0 amide bonds. The van der Waals surface area contributed by atoms with Crippen LogP contribution in [-0.4, -0.2) is 25.6 Å². The van der Waals surface area contributed by atoms with E-state index in [1.165, 1.54) is 56.7 Å². The first-order chi connectivity index (χ1) is 13.4. The Morgan fingerprint density at radius 3 is 2.32 bits per heavy atom. The lowest BCUT2D eigenvalue weighted by Gasteiger charge is -2.57. The fraction of sp³-hybridized carbons (Fsp3) is 1.00. The summed E-state index contributed by atoms with van der Waals surface area (Å²) in [6.45, 7) is 12.2. The Balaban J connectivity index is 1.52. The molecule has 3 heteroatoms. The maximum Gasteiger partial charge on any atom is 0.192 e. The van der Waals surface area contributed by atoms with E-state index in [1.54, 1.807) is 0 Å². The number of aliphatic hydroxyl groups is 1. The number of aliphatic hydroxyl groups excluding tert-OH is 1. The van der Waals surface area contributed by atoms with Gasteiger partial charge in [-0.15, -0.1) is 0 Å². The maximum atomic E-state index is 10.3. The first-order valence-corrected chi connectivity index (χ1v) is 15.3. The highest BCUT2D eigenvalue weighted by Crippen LogP contribution is 2.64. The fourth-order valence-corrected chi connectivity index (χ4v) is 11.8. The van der Waals surface area contributed by atoms with E-state index in [0.29, 0.717) is 11.5 Å². The number of hydrogen-bond acceptors (Lipinski definition) is 2. The van der Waals surface area contributed by atoms with Gasteiger partial charge in [0.25, 0.3) is 0 Å². The van der Waals surface area contributed by atoms with E-state index >= 15 is 0 Å². The Hall–Kier alpha value is 0.137. The third-order valence-electron chi connectivity index (χ3n) is 10.5. The van der Waals surface area contributed by atoms with E-state index in [0.717, 1.165) is 48.3 Å². The molecule has 0 radical (unpaired) electrons. The highest BCUT2D eigenvalue weighted by atomic mass is 28.4. The largest absolute Gasteiger partial charge is 0.413 e. The summed E-state index contributed by atoms with van der Waals surface area (Å²) in [5.41, 5.74) is 0.434. The summed E-state index contributed by atoms with van der Waals surface area (Å²) in [6, 6.07) is 3.85. The van der Waals surface area contributed by atoms with Crippen LogP contribution in [0, 0.1) is 40.9 Å². The highest BCUT2D eigenvalue weighted by molar-refractivity contribution is 6.73. The molecule has 28 heavy (non-hydrogen) atoms. The summed E-state index contributed by atoms with van der Waals surface area (Å²) in [7, 11) is -1.52. The van der Waals surface area contributed by atoms with Gasteiger partial charge in [-0.05, 0) is 110 Å². The Bertz CT molecular complexity index is 538. The van der Waals surface area contributed by atoms with Crippen molar-refractivity contribution in [3.63, 3.8) is 0 Å². The first kappa shape index (κ1) is 21.4. The van der Waals surface area contributed by atoms with Crippen LogP contribution >= 0.6 is 0 Å². The van der Waals surface area contributed by atoms with E-state index in [4.69, 9.17) is 4.43 Å². The van der Waals surface area contributed by atoms with Crippen LogP contribution < -0.4 is 0 Å². The van der Waals surface area contributed by atoms with Crippen LogP contribution in [0.15, 0.2) is 0 Å². The van der Waals surface area contributed by atoms with E-state index < -0.39 is 8.32 Å². The van der Waals surface area contributed by atoms with Crippen LogP contribution in [0.1, 0.15) is 86.0 Å². The monoisotopic (exact) mass is 406 g/mol. The van der Waals surface area contributed by atoms with E-state index in [9.17, 15) is 5.11 Å². The van der Waals surface area contributed by atoms with Gasteiger partial charge in [-0.1, -0.05) is 34.6 Å². The highest BCUT2D eigenvalue weighted by Gasteiger charge is 2.59. The summed E-state index contributed by atoms with van der Waals surface area (Å²) in [5, 5.41) is 10.3. The molecule has 2 unspecified atom stereocenters. The summed E-state index contributed by atoms with van der Waals surface area (Å²) < 4.78 is 7.15. The SMILES string of the molecule is CC[Si](CC)(CC)O[C@H]1CC[C@H]2[C@@H]3CCC4C[C@@H](O)C[C@@H](C)C4[C@H]3CC[C@]12C. The van der Waals surface area contributed by atoms with Crippen molar-refractivity contribution in [3.05, 3.63) is 0 Å². The molecule has 4 aliphatic carbocycles. The molecule has 4 rings (SSSR count). The van der Waals surface area contributed by atoms with Crippen molar-refractivity contribution in [1.29, 1.82) is 0 Å². The minimum absolute atomic E-state index is 0.0267. The quantitative estimate of drug-likeness (QED) is 0.519. The third-order valence-corrected chi connectivity index (χ3v) is 15.2. The second-order valence-corrected chi connectivity index (χ2v) is 16.1. The minimum Gasteiger partial charge on any atom is -0.413 e. The van der Waals surface area contributed by atoms with Crippen molar-refractivity contribution in [2.75, 3.05) is 0 Å². The average Bonchev–Trinajstić information content (AvgIpc) is 3.01. The van der Waals surface area contributed by atoms with Gasteiger partial charge < -0.3 is 9.53 Å². The Labute approximate surface area is 175 Å². The van der Waals surface area contributed by atoms with Crippen LogP contribution in [0.2, 0.25) is 18.1 Å². The van der Waals surface area contributed by atoms with Gasteiger partial charge in [-0.3, -0.25) is 0 Å². The van der Waals surface area contributed by atoms with Crippen LogP contribution in [0.5, 0.6) is 0 Å². The smallest absolute Gasteiger partial charge is 0.192 e. The summed E-state index contributed by atoms with van der Waals surface area (Å²) >= 11 is 0. The van der Waals surface area contributed by atoms with Crippen LogP contribution in [0.3, 0.4) is 0 Å². The molecule has 9 atom stereocenters. The summed E-state index contributed by atoms with van der Waals surface area (Å²) in [5.74, 6) is 5.18. The van der Waals surface area contributed by atoms with E-state index in [-0.39, 0.29) is 6.10 Å². The molecule has 0 spiro atoms. The average molecular weight is 407 g/mol. The van der Waals surface area contributed by atoms with Gasteiger partial charge in [0.05, 0.1) is 12.2 Å². The van der Waals surface area contributed by atoms with Crippen molar-refractivity contribution in [2.45, 2.75) is 116 Å². The molecule has 4 saturated carbocycles. The molecule has 0 aromatic rings. The van der Waals surface area contributed by atoms with Crippen molar-refractivity contribution in [3.8, 4) is 0 Å². The third kappa shape index (κ3) is 3.36. The van der Waals surface area contributed by atoms with Crippen molar-refractivity contribution in [1.82, 2.24) is 0 Å².